The molecule has 0 aliphatic rings. The Kier molecular flexibility index (Phi) is 24.6. The second-order valence-corrected chi connectivity index (χ2v) is 9.57. The monoisotopic (exact) mass is 493 g/mol. The average molecular weight is 494 g/mol. The van der Waals surface area contributed by atoms with Gasteiger partial charge in [0.05, 0.1) is 18.8 Å². The summed E-state index contributed by atoms with van der Waals surface area (Å²) in [7, 11) is 0. The molecule has 0 aliphatic heterocycles. The molecule has 0 aliphatic carbocycles. The van der Waals surface area contributed by atoms with Crippen molar-refractivity contribution in [2.45, 2.75) is 141 Å². The molecule has 0 saturated carbocycles. The summed E-state index contributed by atoms with van der Waals surface area (Å²) in [5, 5.41) is 32.9. The highest BCUT2D eigenvalue weighted by Gasteiger charge is 2.26. The maximum Gasteiger partial charge on any atom is 0.220 e. The van der Waals surface area contributed by atoms with E-state index >= 15 is 0 Å². The minimum atomic E-state index is -1.17. The van der Waals surface area contributed by atoms with Gasteiger partial charge in [-0.3, -0.25) is 4.79 Å². The van der Waals surface area contributed by atoms with Crippen LogP contribution in [0.1, 0.15) is 123 Å². The molecule has 0 radical (unpaired) electrons. The van der Waals surface area contributed by atoms with Crippen LogP contribution in [0.3, 0.4) is 0 Å². The fraction of sp³-hybridized carbons (Fsp3) is 0.767. The van der Waals surface area contributed by atoms with Gasteiger partial charge in [-0.15, -0.1) is 0 Å². The van der Waals surface area contributed by atoms with E-state index in [-0.39, 0.29) is 5.91 Å². The highest BCUT2D eigenvalue weighted by Crippen LogP contribution is 2.11. The van der Waals surface area contributed by atoms with Crippen LogP contribution in [0.15, 0.2) is 36.5 Å². The largest absolute Gasteiger partial charge is 0.394 e. The second kappa shape index (κ2) is 25.7. The van der Waals surface area contributed by atoms with Crippen molar-refractivity contribution in [3.63, 3.8) is 0 Å². The molecule has 5 nitrogen and oxygen atoms in total. The van der Waals surface area contributed by atoms with Crippen molar-refractivity contribution < 1.29 is 20.1 Å². The molecule has 0 bridgehead atoms. The Bertz CT molecular complexity index is 559. The van der Waals surface area contributed by atoms with Crippen LogP contribution in [-0.4, -0.2) is 46.1 Å². The number of rotatable bonds is 24. The minimum Gasteiger partial charge on any atom is -0.394 e. The van der Waals surface area contributed by atoms with E-state index in [9.17, 15) is 20.1 Å². The molecule has 0 aromatic heterocycles. The van der Waals surface area contributed by atoms with E-state index < -0.39 is 24.9 Å². The van der Waals surface area contributed by atoms with Crippen LogP contribution in [-0.2, 0) is 4.79 Å². The van der Waals surface area contributed by atoms with Crippen molar-refractivity contribution in [1.82, 2.24) is 5.32 Å². The molecule has 0 heterocycles. The van der Waals surface area contributed by atoms with Gasteiger partial charge in [0.2, 0.25) is 5.91 Å². The summed E-state index contributed by atoms with van der Waals surface area (Å²) in [5.74, 6) is -0.200. The van der Waals surface area contributed by atoms with Crippen molar-refractivity contribution in [3.8, 4) is 0 Å². The number of nitrogens with one attached hydrogen (secondary N) is 1. The SMILES string of the molecule is CCCCC/C=C/CC/C=C/CCCC(O)C(O)C(CO)NC(=O)CCC/C=C\CCCCCC. The van der Waals surface area contributed by atoms with Crippen LogP contribution in [0.4, 0.5) is 0 Å². The van der Waals surface area contributed by atoms with Gasteiger partial charge in [-0.05, 0) is 70.6 Å². The van der Waals surface area contributed by atoms with Gasteiger partial charge >= 0.3 is 0 Å². The van der Waals surface area contributed by atoms with E-state index in [4.69, 9.17) is 0 Å². The number of aliphatic hydroxyl groups excluding tert-OH is 3. The second-order valence-electron chi connectivity index (χ2n) is 9.57. The van der Waals surface area contributed by atoms with E-state index in [1.807, 2.05) is 0 Å². The standard InChI is InChI=1S/C30H55NO4/c1-3-5-7-9-11-13-14-15-17-18-20-22-24-28(33)30(35)27(26-32)31-29(34)25-23-21-19-16-12-10-8-6-4-2/h11,13,16-19,27-28,30,32-33,35H,3-10,12,14-15,20-26H2,1-2H3,(H,31,34)/b13-11+,18-17+,19-16-. The molecule has 5 heteroatoms. The lowest BCUT2D eigenvalue weighted by Crippen LogP contribution is -2.50. The van der Waals surface area contributed by atoms with Crippen molar-refractivity contribution in [2.24, 2.45) is 0 Å². The molecular weight excluding hydrogens is 438 g/mol. The molecule has 0 aromatic rings. The average Bonchev–Trinajstić information content (AvgIpc) is 2.86. The number of carbonyl (C=O) groups is 1. The molecule has 4 N–H and O–H groups in total. The first-order chi connectivity index (χ1) is 17.1. The zero-order chi connectivity index (χ0) is 26.0. The van der Waals surface area contributed by atoms with E-state index in [1.165, 1.54) is 51.4 Å². The van der Waals surface area contributed by atoms with E-state index in [0.29, 0.717) is 12.8 Å². The Morgan fingerprint density at radius 1 is 0.686 bits per heavy atom. The molecule has 1 amide bonds. The summed E-state index contributed by atoms with van der Waals surface area (Å²) in [6.07, 6.45) is 28.1. The number of carbonyl (C=O) groups excluding carboxylic acids is 1. The van der Waals surface area contributed by atoms with Crippen molar-refractivity contribution in [1.29, 1.82) is 0 Å². The van der Waals surface area contributed by atoms with E-state index in [0.717, 1.165) is 44.9 Å². The molecule has 0 aromatic carbocycles. The summed E-state index contributed by atoms with van der Waals surface area (Å²) < 4.78 is 0. The van der Waals surface area contributed by atoms with Crippen molar-refractivity contribution >= 4 is 5.91 Å². The molecule has 0 spiro atoms. The van der Waals surface area contributed by atoms with Gasteiger partial charge in [-0.2, -0.15) is 0 Å². The Morgan fingerprint density at radius 2 is 1.17 bits per heavy atom. The number of hydrogen-bond acceptors (Lipinski definition) is 4. The third kappa shape index (κ3) is 21.6. The van der Waals surface area contributed by atoms with Crippen molar-refractivity contribution in [3.05, 3.63) is 36.5 Å². The molecule has 204 valence electrons. The van der Waals surface area contributed by atoms with Gasteiger partial charge in [0.1, 0.15) is 6.10 Å². The zero-order valence-electron chi connectivity index (χ0n) is 22.7. The fourth-order valence-corrected chi connectivity index (χ4v) is 3.88. The predicted octanol–water partition coefficient (Wildman–Crippen LogP) is 6.53. The molecule has 35 heavy (non-hydrogen) atoms. The Morgan fingerprint density at radius 3 is 1.74 bits per heavy atom. The number of allylic oxidation sites excluding steroid dienone is 6. The third-order valence-electron chi connectivity index (χ3n) is 6.19. The summed E-state index contributed by atoms with van der Waals surface area (Å²) in [6.45, 7) is 4.03. The maximum atomic E-state index is 12.2. The highest BCUT2D eigenvalue weighted by molar-refractivity contribution is 5.76. The number of unbranched alkanes of at least 4 members (excludes halogenated alkanes) is 10. The molecule has 0 rings (SSSR count). The summed E-state index contributed by atoms with van der Waals surface area (Å²) in [4.78, 5) is 12.2. The smallest absolute Gasteiger partial charge is 0.220 e. The zero-order valence-corrected chi connectivity index (χ0v) is 22.7. The molecule has 0 fully saturated rings. The molecule has 3 unspecified atom stereocenters. The number of hydrogen-bond donors (Lipinski definition) is 4. The number of aliphatic hydroxyl groups is 3. The van der Waals surface area contributed by atoms with Gasteiger partial charge in [0.25, 0.3) is 0 Å². The van der Waals surface area contributed by atoms with E-state index in [2.05, 4.69) is 55.6 Å². The van der Waals surface area contributed by atoms with Crippen LogP contribution in [0.2, 0.25) is 0 Å². The van der Waals surface area contributed by atoms with Crippen molar-refractivity contribution in [2.75, 3.05) is 6.61 Å². The quantitative estimate of drug-likeness (QED) is 0.0909. The topological polar surface area (TPSA) is 89.8 Å². The van der Waals surface area contributed by atoms with Crippen LogP contribution >= 0.6 is 0 Å². The highest BCUT2D eigenvalue weighted by atomic mass is 16.3. The lowest BCUT2D eigenvalue weighted by Gasteiger charge is -2.26. The van der Waals surface area contributed by atoms with Crippen LogP contribution in [0, 0.1) is 0 Å². The third-order valence-corrected chi connectivity index (χ3v) is 6.19. The fourth-order valence-electron chi connectivity index (χ4n) is 3.88. The Labute approximate surface area is 215 Å². The van der Waals surface area contributed by atoms with Gasteiger partial charge in [0.15, 0.2) is 0 Å². The summed E-state index contributed by atoms with van der Waals surface area (Å²) in [6, 6.07) is -0.841. The molecule has 0 saturated heterocycles. The maximum absolute atomic E-state index is 12.2. The lowest BCUT2D eigenvalue weighted by molar-refractivity contribution is -0.124. The summed E-state index contributed by atoms with van der Waals surface area (Å²) >= 11 is 0. The Hall–Kier alpha value is -1.43. The first-order valence-electron chi connectivity index (χ1n) is 14.3. The first kappa shape index (κ1) is 33.6. The summed E-state index contributed by atoms with van der Waals surface area (Å²) in [5.41, 5.74) is 0. The Balaban J connectivity index is 3.95. The predicted molar refractivity (Wildman–Crippen MR) is 148 cm³/mol. The van der Waals surface area contributed by atoms with Gasteiger partial charge in [-0.1, -0.05) is 82.4 Å². The molecule has 3 atom stereocenters. The van der Waals surface area contributed by atoms with Gasteiger partial charge in [0, 0.05) is 6.42 Å². The first-order valence-corrected chi connectivity index (χ1v) is 14.3. The normalized spacial score (nSPS) is 14.8. The van der Waals surface area contributed by atoms with Gasteiger partial charge in [-0.25, -0.2) is 0 Å². The van der Waals surface area contributed by atoms with E-state index in [1.54, 1.807) is 0 Å². The van der Waals surface area contributed by atoms with Crippen LogP contribution in [0.5, 0.6) is 0 Å². The van der Waals surface area contributed by atoms with Crippen LogP contribution < -0.4 is 5.32 Å². The minimum absolute atomic E-state index is 0.200. The van der Waals surface area contributed by atoms with Crippen LogP contribution in [0.25, 0.3) is 0 Å². The lowest BCUT2D eigenvalue weighted by atomic mass is 10.0. The van der Waals surface area contributed by atoms with Gasteiger partial charge < -0.3 is 20.6 Å². The molecular formula is C30H55NO4. The number of amides is 1.